The first kappa shape index (κ1) is 19.3. The minimum absolute atomic E-state index is 0.0154. The number of rotatable bonds is 7. The number of carbonyl (C=O) groups excluding carboxylic acids is 1. The Morgan fingerprint density at radius 2 is 2.11 bits per heavy atom. The molecule has 3 rings (SSSR count). The van der Waals surface area contributed by atoms with Crippen molar-refractivity contribution in [3.05, 3.63) is 58.2 Å². The van der Waals surface area contributed by atoms with Crippen LogP contribution in [0.3, 0.4) is 0 Å². The minimum atomic E-state index is -0.467. The highest BCUT2D eigenvalue weighted by Gasteiger charge is 2.11. The standard InChI is InChI=1S/C19H17N3O5S/c1-3-27-15-8-4-12(10-16(15)26-2)5-9-18(23)21-19-20-14-7-6-13(22(24)25)11-17(14)28-19/h4-11H,3H2,1-2H3,(H,20,21,23)/b9-5+. The number of ether oxygens (including phenoxy) is 2. The number of methoxy groups -OCH3 is 1. The van der Waals surface area contributed by atoms with Gasteiger partial charge < -0.3 is 9.47 Å². The molecule has 2 aromatic carbocycles. The van der Waals surface area contributed by atoms with Crippen LogP contribution in [0.25, 0.3) is 16.3 Å². The van der Waals surface area contributed by atoms with Gasteiger partial charge in [-0.2, -0.15) is 0 Å². The molecule has 0 spiro atoms. The summed E-state index contributed by atoms with van der Waals surface area (Å²) in [5.41, 5.74) is 1.35. The van der Waals surface area contributed by atoms with Crippen LogP contribution in [-0.2, 0) is 4.79 Å². The van der Waals surface area contributed by atoms with Crippen molar-refractivity contribution in [1.29, 1.82) is 0 Å². The third-order valence-corrected chi connectivity index (χ3v) is 4.66. The number of amides is 1. The van der Waals surface area contributed by atoms with Gasteiger partial charge in [0, 0.05) is 18.2 Å². The molecule has 0 fully saturated rings. The maximum absolute atomic E-state index is 12.2. The van der Waals surface area contributed by atoms with Crippen molar-refractivity contribution in [1.82, 2.24) is 4.98 Å². The summed E-state index contributed by atoms with van der Waals surface area (Å²) in [6.07, 6.45) is 3.02. The number of nitro benzene ring substituents is 1. The molecule has 0 aliphatic heterocycles. The zero-order chi connectivity index (χ0) is 20.1. The topological polar surface area (TPSA) is 104 Å². The fraction of sp³-hybridized carbons (Fsp3) is 0.158. The van der Waals surface area contributed by atoms with Gasteiger partial charge in [0.1, 0.15) is 0 Å². The summed E-state index contributed by atoms with van der Waals surface area (Å²) in [6, 6.07) is 9.74. The van der Waals surface area contributed by atoms with Crippen LogP contribution < -0.4 is 14.8 Å². The van der Waals surface area contributed by atoms with E-state index in [1.54, 1.807) is 31.4 Å². The Hall–Kier alpha value is -3.46. The predicted octanol–water partition coefficient (Wildman–Crippen LogP) is 4.26. The van der Waals surface area contributed by atoms with E-state index in [-0.39, 0.29) is 11.6 Å². The molecule has 0 radical (unpaired) electrons. The highest BCUT2D eigenvalue weighted by Crippen LogP contribution is 2.30. The van der Waals surface area contributed by atoms with E-state index in [1.807, 2.05) is 13.0 Å². The Labute approximate surface area is 164 Å². The fourth-order valence-electron chi connectivity index (χ4n) is 2.46. The summed E-state index contributed by atoms with van der Waals surface area (Å²) in [4.78, 5) is 26.8. The van der Waals surface area contributed by atoms with Crippen LogP contribution in [0.4, 0.5) is 10.8 Å². The number of hydrogen-bond acceptors (Lipinski definition) is 7. The minimum Gasteiger partial charge on any atom is -0.493 e. The molecule has 1 heterocycles. The Kier molecular flexibility index (Phi) is 5.85. The molecule has 0 saturated carbocycles. The molecule has 0 saturated heterocycles. The van der Waals surface area contributed by atoms with Crippen molar-refractivity contribution < 1.29 is 19.2 Å². The normalized spacial score (nSPS) is 10.9. The number of fused-ring (bicyclic) bond motifs is 1. The van der Waals surface area contributed by atoms with E-state index in [1.165, 1.54) is 29.5 Å². The molecular formula is C19H17N3O5S. The first-order valence-corrected chi connectivity index (χ1v) is 9.16. The van der Waals surface area contributed by atoms with Gasteiger partial charge in [0.2, 0.25) is 5.91 Å². The number of carbonyl (C=O) groups is 1. The van der Waals surface area contributed by atoms with E-state index in [9.17, 15) is 14.9 Å². The van der Waals surface area contributed by atoms with E-state index in [4.69, 9.17) is 9.47 Å². The van der Waals surface area contributed by atoms with Crippen LogP contribution in [0.5, 0.6) is 11.5 Å². The number of hydrogen-bond donors (Lipinski definition) is 1. The number of anilines is 1. The Balaban J connectivity index is 1.71. The van der Waals surface area contributed by atoms with Crippen molar-refractivity contribution in [3.8, 4) is 11.5 Å². The number of non-ortho nitro benzene ring substituents is 1. The molecule has 1 N–H and O–H groups in total. The van der Waals surface area contributed by atoms with Crippen molar-refractivity contribution in [2.24, 2.45) is 0 Å². The van der Waals surface area contributed by atoms with Gasteiger partial charge in [-0.05, 0) is 36.8 Å². The van der Waals surface area contributed by atoms with Gasteiger partial charge >= 0.3 is 0 Å². The summed E-state index contributed by atoms with van der Waals surface area (Å²) in [5.74, 6) is 0.855. The lowest BCUT2D eigenvalue weighted by atomic mass is 10.2. The van der Waals surface area contributed by atoms with Crippen LogP contribution in [0.15, 0.2) is 42.5 Å². The van der Waals surface area contributed by atoms with Gasteiger partial charge in [0.25, 0.3) is 5.69 Å². The van der Waals surface area contributed by atoms with Crippen molar-refractivity contribution in [2.75, 3.05) is 19.0 Å². The van der Waals surface area contributed by atoms with Crippen LogP contribution in [0.1, 0.15) is 12.5 Å². The maximum atomic E-state index is 12.2. The number of nitrogens with one attached hydrogen (secondary N) is 1. The van der Waals surface area contributed by atoms with Crippen molar-refractivity contribution in [2.45, 2.75) is 6.92 Å². The quantitative estimate of drug-likeness (QED) is 0.362. The Morgan fingerprint density at radius 3 is 2.82 bits per heavy atom. The lowest BCUT2D eigenvalue weighted by Gasteiger charge is -2.09. The average Bonchev–Trinajstić information content (AvgIpc) is 3.08. The zero-order valence-corrected chi connectivity index (χ0v) is 16.0. The lowest BCUT2D eigenvalue weighted by molar-refractivity contribution is -0.384. The molecule has 1 amide bonds. The van der Waals surface area contributed by atoms with Gasteiger partial charge in [0.05, 0.1) is 28.9 Å². The maximum Gasteiger partial charge on any atom is 0.270 e. The molecule has 1 aromatic heterocycles. The fourth-order valence-corrected chi connectivity index (χ4v) is 3.36. The monoisotopic (exact) mass is 399 g/mol. The summed E-state index contributed by atoms with van der Waals surface area (Å²) in [5, 5.41) is 13.9. The molecule has 0 atom stereocenters. The molecule has 28 heavy (non-hydrogen) atoms. The van der Waals surface area contributed by atoms with Gasteiger partial charge in [0.15, 0.2) is 16.6 Å². The van der Waals surface area contributed by atoms with E-state index < -0.39 is 4.92 Å². The van der Waals surface area contributed by atoms with Gasteiger partial charge in [-0.3, -0.25) is 20.2 Å². The first-order chi connectivity index (χ1) is 13.5. The van der Waals surface area contributed by atoms with E-state index in [0.717, 1.165) is 5.56 Å². The highest BCUT2D eigenvalue weighted by atomic mass is 32.1. The third-order valence-electron chi connectivity index (χ3n) is 3.73. The first-order valence-electron chi connectivity index (χ1n) is 8.35. The second-order valence-electron chi connectivity index (χ2n) is 5.59. The lowest BCUT2D eigenvalue weighted by Crippen LogP contribution is -2.07. The van der Waals surface area contributed by atoms with Gasteiger partial charge in [-0.1, -0.05) is 17.4 Å². The van der Waals surface area contributed by atoms with E-state index >= 15 is 0 Å². The molecular weight excluding hydrogens is 382 g/mol. The smallest absolute Gasteiger partial charge is 0.270 e. The highest BCUT2D eigenvalue weighted by molar-refractivity contribution is 7.22. The number of nitro groups is 1. The molecule has 0 unspecified atom stereocenters. The van der Waals surface area contributed by atoms with Crippen molar-refractivity contribution >= 4 is 44.4 Å². The summed E-state index contributed by atoms with van der Waals surface area (Å²) >= 11 is 1.17. The predicted molar refractivity (Wildman–Crippen MR) is 108 cm³/mol. The SMILES string of the molecule is CCOc1ccc(/C=C/C(=O)Nc2nc3ccc([N+](=O)[O-])cc3s2)cc1OC. The molecule has 144 valence electrons. The number of thiazole rings is 1. The molecule has 3 aromatic rings. The third kappa shape index (κ3) is 4.44. The largest absolute Gasteiger partial charge is 0.493 e. The number of benzene rings is 2. The number of aromatic nitrogens is 1. The number of nitrogens with zero attached hydrogens (tertiary/aromatic N) is 2. The van der Waals surface area contributed by atoms with Crippen molar-refractivity contribution in [3.63, 3.8) is 0 Å². The van der Waals surface area contributed by atoms with E-state index in [2.05, 4.69) is 10.3 Å². The second kappa shape index (κ2) is 8.49. The van der Waals surface area contributed by atoms with Gasteiger partial charge in [-0.25, -0.2) is 4.98 Å². The molecule has 0 aliphatic carbocycles. The summed E-state index contributed by atoms with van der Waals surface area (Å²) < 4.78 is 11.4. The van der Waals surface area contributed by atoms with Crippen LogP contribution in [0.2, 0.25) is 0 Å². The molecule has 0 aliphatic rings. The van der Waals surface area contributed by atoms with Crippen LogP contribution in [0, 0.1) is 10.1 Å². The van der Waals surface area contributed by atoms with Crippen LogP contribution >= 0.6 is 11.3 Å². The molecule has 9 heteroatoms. The van der Waals surface area contributed by atoms with Crippen LogP contribution in [-0.4, -0.2) is 29.5 Å². The Bertz CT molecular complexity index is 1060. The average molecular weight is 399 g/mol. The summed E-state index contributed by atoms with van der Waals surface area (Å²) in [7, 11) is 1.55. The van der Waals surface area contributed by atoms with E-state index in [0.29, 0.717) is 33.5 Å². The Morgan fingerprint density at radius 1 is 1.29 bits per heavy atom. The second-order valence-corrected chi connectivity index (χ2v) is 6.62. The molecule has 0 bridgehead atoms. The molecule has 8 nitrogen and oxygen atoms in total. The summed E-state index contributed by atoms with van der Waals surface area (Å²) in [6.45, 7) is 2.41. The zero-order valence-electron chi connectivity index (χ0n) is 15.2. The van der Waals surface area contributed by atoms with Gasteiger partial charge in [-0.15, -0.1) is 0 Å².